The number of nitrogens with one attached hydrogen (secondary N) is 3. The molecular weight excluding hydrogens is 394 g/mol. The van der Waals surface area contributed by atoms with Gasteiger partial charge in [-0.1, -0.05) is 30.3 Å². The maximum Gasteiger partial charge on any atom is 0.404 e. The molecule has 156 valence electrons. The first-order valence-corrected chi connectivity index (χ1v) is 10.9. The summed E-state index contributed by atoms with van der Waals surface area (Å²) in [4.78, 5) is 22.8. The smallest absolute Gasteiger partial charge is 0.404 e. The van der Waals surface area contributed by atoms with Crippen molar-refractivity contribution in [3.05, 3.63) is 53.6 Å². The third-order valence-electron chi connectivity index (χ3n) is 3.96. The second-order valence-corrected chi connectivity index (χ2v) is 8.69. The van der Waals surface area contributed by atoms with Crippen LogP contribution >= 0.6 is 0 Å². The molecule has 0 saturated heterocycles. The first-order valence-electron chi connectivity index (χ1n) is 9.04. The molecule has 0 aromatic heterocycles. The van der Waals surface area contributed by atoms with Gasteiger partial charge in [0.15, 0.2) is 0 Å². The van der Waals surface area contributed by atoms with Crippen LogP contribution < -0.4 is 15.4 Å². The van der Waals surface area contributed by atoms with Crippen LogP contribution in [-0.4, -0.2) is 44.4 Å². The summed E-state index contributed by atoms with van der Waals surface area (Å²) in [6.07, 6.45) is 0.464. The first kappa shape index (κ1) is 22.2. The SMILES string of the molecule is CC(C)Nc1cc(-c2ccc(CCNC(=O)O)cc2)ccc1C(=O)NS(C)(=O)=O. The first-order chi connectivity index (χ1) is 13.5. The summed E-state index contributed by atoms with van der Waals surface area (Å²) in [5.74, 6) is -0.691. The topological polar surface area (TPSA) is 125 Å². The summed E-state index contributed by atoms with van der Waals surface area (Å²) in [7, 11) is -3.67. The van der Waals surface area contributed by atoms with Crippen molar-refractivity contribution in [2.75, 3.05) is 18.1 Å². The number of carbonyl (C=O) groups is 2. The molecule has 0 heterocycles. The summed E-state index contributed by atoms with van der Waals surface area (Å²) in [6.45, 7) is 4.18. The van der Waals surface area contributed by atoms with E-state index in [0.29, 0.717) is 18.7 Å². The van der Waals surface area contributed by atoms with E-state index in [1.165, 1.54) is 0 Å². The summed E-state index contributed by atoms with van der Waals surface area (Å²) in [5, 5.41) is 14.1. The lowest BCUT2D eigenvalue weighted by Crippen LogP contribution is -2.30. The predicted octanol–water partition coefficient (Wildman–Crippen LogP) is 2.67. The van der Waals surface area contributed by atoms with E-state index < -0.39 is 22.0 Å². The number of sulfonamides is 1. The number of benzene rings is 2. The fourth-order valence-electron chi connectivity index (χ4n) is 2.75. The van der Waals surface area contributed by atoms with Crippen LogP contribution in [0.25, 0.3) is 11.1 Å². The number of hydrogen-bond acceptors (Lipinski definition) is 5. The lowest BCUT2D eigenvalue weighted by molar-refractivity contribution is 0.0982. The maximum atomic E-state index is 12.3. The van der Waals surface area contributed by atoms with Crippen LogP contribution in [0.5, 0.6) is 0 Å². The highest BCUT2D eigenvalue weighted by Gasteiger charge is 2.16. The standard InChI is InChI=1S/C20H25N3O5S/c1-13(2)22-18-12-16(8-9-17(18)19(24)23-29(3,27)28)15-6-4-14(5-7-15)10-11-21-20(25)26/h4-9,12-13,21-22H,10-11H2,1-3H3,(H,23,24)(H,25,26). The van der Waals surface area contributed by atoms with Gasteiger partial charge in [0.05, 0.1) is 11.8 Å². The Morgan fingerprint density at radius 3 is 2.21 bits per heavy atom. The van der Waals surface area contributed by atoms with Crippen LogP contribution in [-0.2, 0) is 16.4 Å². The Morgan fingerprint density at radius 1 is 1.03 bits per heavy atom. The van der Waals surface area contributed by atoms with Gasteiger partial charge in [0, 0.05) is 18.3 Å². The van der Waals surface area contributed by atoms with E-state index in [9.17, 15) is 18.0 Å². The Balaban J connectivity index is 2.27. The molecule has 0 atom stereocenters. The maximum absolute atomic E-state index is 12.3. The molecular formula is C20H25N3O5S. The highest BCUT2D eigenvalue weighted by molar-refractivity contribution is 7.89. The number of carbonyl (C=O) groups excluding carboxylic acids is 1. The van der Waals surface area contributed by atoms with E-state index in [4.69, 9.17) is 5.11 Å². The molecule has 0 spiro atoms. The van der Waals surface area contributed by atoms with Crippen molar-refractivity contribution in [1.29, 1.82) is 0 Å². The Labute approximate surface area is 170 Å². The third-order valence-corrected chi connectivity index (χ3v) is 4.52. The van der Waals surface area contributed by atoms with Crippen molar-refractivity contribution >= 4 is 27.7 Å². The van der Waals surface area contributed by atoms with Crippen molar-refractivity contribution in [3.8, 4) is 11.1 Å². The highest BCUT2D eigenvalue weighted by atomic mass is 32.2. The summed E-state index contributed by atoms with van der Waals surface area (Å²) in [5.41, 5.74) is 3.55. The average Bonchev–Trinajstić information content (AvgIpc) is 2.60. The molecule has 0 bridgehead atoms. The van der Waals surface area contributed by atoms with E-state index in [0.717, 1.165) is 22.9 Å². The quantitative estimate of drug-likeness (QED) is 0.521. The van der Waals surface area contributed by atoms with Gasteiger partial charge in [0.25, 0.3) is 5.91 Å². The van der Waals surface area contributed by atoms with Crippen molar-refractivity contribution in [2.24, 2.45) is 0 Å². The van der Waals surface area contributed by atoms with Crippen LogP contribution in [0, 0.1) is 0 Å². The zero-order valence-electron chi connectivity index (χ0n) is 16.5. The molecule has 2 aromatic carbocycles. The van der Waals surface area contributed by atoms with Gasteiger partial charge in [-0.05, 0) is 49.1 Å². The van der Waals surface area contributed by atoms with Gasteiger partial charge < -0.3 is 15.7 Å². The summed E-state index contributed by atoms with van der Waals surface area (Å²) >= 11 is 0. The molecule has 0 aliphatic heterocycles. The molecule has 0 aliphatic rings. The fraction of sp³-hybridized carbons (Fsp3) is 0.300. The van der Waals surface area contributed by atoms with Gasteiger partial charge in [0.1, 0.15) is 0 Å². The minimum absolute atomic E-state index is 0.0409. The Morgan fingerprint density at radius 2 is 1.66 bits per heavy atom. The molecule has 0 fully saturated rings. The largest absolute Gasteiger partial charge is 0.465 e. The molecule has 2 rings (SSSR count). The molecule has 8 nitrogen and oxygen atoms in total. The van der Waals surface area contributed by atoms with Gasteiger partial charge in [-0.2, -0.15) is 0 Å². The zero-order valence-corrected chi connectivity index (χ0v) is 17.3. The Kier molecular flexibility index (Phi) is 7.22. The number of hydrogen-bond donors (Lipinski definition) is 4. The fourth-order valence-corrected chi connectivity index (χ4v) is 3.20. The number of anilines is 1. The van der Waals surface area contributed by atoms with E-state index in [1.54, 1.807) is 18.2 Å². The third kappa shape index (κ3) is 7.11. The number of rotatable bonds is 8. The number of amides is 2. The van der Waals surface area contributed by atoms with E-state index in [1.807, 2.05) is 42.8 Å². The van der Waals surface area contributed by atoms with E-state index in [-0.39, 0.29) is 11.6 Å². The minimum Gasteiger partial charge on any atom is -0.465 e. The Bertz CT molecular complexity index is 986. The van der Waals surface area contributed by atoms with Gasteiger partial charge >= 0.3 is 6.09 Å². The molecule has 0 aliphatic carbocycles. The second-order valence-electron chi connectivity index (χ2n) is 6.94. The van der Waals surface area contributed by atoms with E-state index >= 15 is 0 Å². The van der Waals surface area contributed by atoms with Crippen LogP contribution in [0.3, 0.4) is 0 Å². The lowest BCUT2D eigenvalue weighted by Gasteiger charge is -2.16. The minimum atomic E-state index is -3.67. The van der Waals surface area contributed by atoms with Crippen LogP contribution in [0.4, 0.5) is 10.5 Å². The Hall–Kier alpha value is -3.07. The van der Waals surface area contributed by atoms with Crippen molar-refractivity contribution < 1.29 is 23.1 Å². The van der Waals surface area contributed by atoms with Gasteiger partial charge in [-0.3, -0.25) is 4.79 Å². The number of carboxylic acid groups (broad SMARTS) is 1. The van der Waals surface area contributed by atoms with Crippen LogP contribution in [0.1, 0.15) is 29.8 Å². The normalized spacial score (nSPS) is 11.2. The summed E-state index contributed by atoms with van der Waals surface area (Å²) < 4.78 is 24.8. The second kappa shape index (κ2) is 9.42. The molecule has 2 aromatic rings. The van der Waals surface area contributed by atoms with Crippen molar-refractivity contribution in [1.82, 2.24) is 10.0 Å². The average molecular weight is 420 g/mol. The lowest BCUT2D eigenvalue weighted by atomic mass is 10.00. The molecule has 2 amide bonds. The summed E-state index contributed by atoms with van der Waals surface area (Å²) in [6, 6.07) is 12.9. The zero-order chi connectivity index (χ0) is 21.6. The molecule has 4 N–H and O–H groups in total. The van der Waals surface area contributed by atoms with Crippen molar-refractivity contribution in [3.63, 3.8) is 0 Å². The molecule has 0 unspecified atom stereocenters. The van der Waals surface area contributed by atoms with Gasteiger partial charge in [-0.15, -0.1) is 0 Å². The van der Waals surface area contributed by atoms with Crippen molar-refractivity contribution in [2.45, 2.75) is 26.3 Å². The molecule has 0 saturated carbocycles. The van der Waals surface area contributed by atoms with Crippen LogP contribution in [0.15, 0.2) is 42.5 Å². The van der Waals surface area contributed by atoms with Gasteiger partial charge in [-0.25, -0.2) is 17.9 Å². The van der Waals surface area contributed by atoms with Gasteiger partial charge in [0.2, 0.25) is 10.0 Å². The molecule has 0 radical (unpaired) electrons. The molecule has 9 heteroatoms. The monoisotopic (exact) mass is 419 g/mol. The van der Waals surface area contributed by atoms with Crippen LogP contribution in [0.2, 0.25) is 0 Å². The highest BCUT2D eigenvalue weighted by Crippen LogP contribution is 2.27. The van der Waals surface area contributed by atoms with E-state index in [2.05, 4.69) is 10.6 Å². The molecule has 29 heavy (non-hydrogen) atoms. The predicted molar refractivity (Wildman–Crippen MR) is 113 cm³/mol.